The van der Waals surface area contributed by atoms with E-state index in [0.717, 1.165) is 25.7 Å². The average molecular weight is 356 g/mol. The van der Waals surface area contributed by atoms with Crippen molar-refractivity contribution in [3.8, 4) is 0 Å². The Bertz CT molecular complexity index is 420. The summed E-state index contributed by atoms with van der Waals surface area (Å²) in [6, 6.07) is 0.160. The lowest BCUT2D eigenvalue weighted by Crippen LogP contribution is -2.41. The van der Waals surface area contributed by atoms with Crippen LogP contribution in [0.25, 0.3) is 0 Å². The van der Waals surface area contributed by atoms with E-state index in [2.05, 4.69) is 10.6 Å². The van der Waals surface area contributed by atoms with Crippen molar-refractivity contribution in [2.45, 2.75) is 58.4 Å². The van der Waals surface area contributed by atoms with Gasteiger partial charge in [-0.1, -0.05) is 0 Å². The molecule has 0 unspecified atom stereocenters. The Labute approximate surface area is 150 Å². The Morgan fingerprint density at radius 1 is 0.960 bits per heavy atom. The van der Waals surface area contributed by atoms with E-state index in [-0.39, 0.29) is 29.6 Å². The predicted octanol–water partition coefficient (Wildman–Crippen LogP) is 1.20. The summed E-state index contributed by atoms with van der Waals surface area (Å²) >= 11 is 0. The fourth-order valence-corrected chi connectivity index (χ4v) is 2.82. The van der Waals surface area contributed by atoms with Crippen LogP contribution in [-0.4, -0.2) is 56.6 Å². The molecule has 0 radical (unpaired) electrons. The smallest absolute Gasteiger partial charge is 0.223 e. The zero-order valence-corrected chi connectivity index (χ0v) is 15.5. The number of rotatable bonds is 12. The van der Waals surface area contributed by atoms with Gasteiger partial charge in [-0.05, 0) is 39.5 Å². The van der Waals surface area contributed by atoms with E-state index in [1.54, 1.807) is 0 Å². The molecule has 25 heavy (non-hydrogen) atoms. The van der Waals surface area contributed by atoms with Crippen molar-refractivity contribution in [1.29, 1.82) is 0 Å². The highest BCUT2D eigenvalue weighted by Crippen LogP contribution is 2.24. The van der Waals surface area contributed by atoms with Gasteiger partial charge in [-0.15, -0.1) is 0 Å². The summed E-state index contributed by atoms with van der Waals surface area (Å²) in [5.41, 5.74) is 0. The molecule has 0 aliphatic heterocycles. The van der Waals surface area contributed by atoms with Crippen molar-refractivity contribution in [3.63, 3.8) is 0 Å². The van der Waals surface area contributed by atoms with Crippen LogP contribution < -0.4 is 10.6 Å². The lowest BCUT2D eigenvalue weighted by molar-refractivity contribution is -0.126. The average Bonchev–Trinajstić information content (AvgIpc) is 2.58. The molecule has 0 aromatic heterocycles. The molecule has 0 atom stereocenters. The third-order valence-corrected chi connectivity index (χ3v) is 4.28. The first kappa shape index (κ1) is 21.6. The molecule has 0 spiro atoms. The second-order valence-corrected chi connectivity index (χ2v) is 6.42. The largest absolute Gasteiger partial charge is 0.381 e. The van der Waals surface area contributed by atoms with Crippen LogP contribution in [0.4, 0.5) is 0 Å². The number of hydrogen-bond acceptors (Lipinski definition) is 5. The van der Waals surface area contributed by atoms with Crippen molar-refractivity contribution in [2.24, 2.45) is 5.92 Å². The summed E-state index contributed by atoms with van der Waals surface area (Å²) in [6.45, 7) is 5.80. The summed E-state index contributed by atoms with van der Waals surface area (Å²) in [7, 11) is 0. The molecule has 144 valence electrons. The Morgan fingerprint density at radius 3 is 2.28 bits per heavy atom. The molecular weight excluding hydrogens is 324 g/mol. The molecule has 7 heteroatoms. The summed E-state index contributed by atoms with van der Waals surface area (Å²) in [5, 5.41) is 5.89. The number of ketones is 1. The van der Waals surface area contributed by atoms with Crippen LogP contribution in [0.3, 0.4) is 0 Å². The number of carbonyl (C=O) groups is 3. The Balaban J connectivity index is 2.09. The highest BCUT2D eigenvalue weighted by atomic mass is 16.5. The van der Waals surface area contributed by atoms with Crippen LogP contribution in [0.5, 0.6) is 0 Å². The lowest BCUT2D eigenvalue weighted by Gasteiger charge is -2.28. The Hall–Kier alpha value is -1.47. The molecule has 2 amide bonds. The zero-order chi connectivity index (χ0) is 18.5. The summed E-state index contributed by atoms with van der Waals surface area (Å²) in [5.74, 6) is 0.180. The van der Waals surface area contributed by atoms with Crippen LogP contribution >= 0.6 is 0 Å². The SMILES string of the molecule is CCOCCC(=O)NC1CCC(C(=O)NCCOCCC(C)=O)CC1. The Kier molecular flexibility index (Phi) is 11.1. The Morgan fingerprint density at radius 2 is 1.64 bits per heavy atom. The van der Waals surface area contributed by atoms with Gasteiger partial charge in [0, 0.05) is 38.0 Å². The summed E-state index contributed by atoms with van der Waals surface area (Å²) < 4.78 is 10.5. The minimum Gasteiger partial charge on any atom is -0.381 e. The van der Waals surface area contributed by atoms with Crippen molar-refractivity contribution in [2.75, 3.05) is 33.0 Å². The maximum atomic E-state index is 12.1. The number of amides is 2. The van der Waals surface area contributed by atoms with Crippen molar-refractivity contribution >= 4 is 17.6 Å². The van der Waals surface area contributed by atoms with Gasteiger partial charge in [0.15, 0.2) is 0 Å². The molecule has 7 nitrogen and oxygen atoms in total. The molecule has 0 aromatic rings. The van der Waals surface area contributed by atoms with E-state index < -0.39 is 0 Å². The van der Waals surface area contributed by atoms with Gasteiger partial charge in [0.25, 0.3) is 0 Å². The van der Waals surface area contributed by atoms with Crippen LogP contribution in [-0.2, 0) is 23.9 Å². The van der Waals surface area contributed by atoms with Crippen LogP contribution in [0.2, 0.25) is 0 Å². The highest BCUT2D eigenvalue weighted by Gasteiger charge is 2.26. The first-order valence-corrected chi connectivity index (χ1v) is 9.25. The molecule has 0 aromatic carbocycles. The quantitative estimate of drug-likeness (QED) is 0.513. The molecular formula is C18H32N2O5. The molecule has 1 rings (SSSR count). The molecule has 0 bridgehead atoms. The van der Waals surface area contributed by atoms with Gasteiger partial charge in [0.1, 0.15) is 5.78 Å². The first-order valence-electron chi connectivity index (χ1n) is 9.25. The van der Waals surface area contributed by atoms with Gasteiger partial charge in [-0.2, -0.15) is 0 Å². The third-order valence-electron chi connectivity index (χ3n) is 4.28. The van der Waals surface area contributed by atoms with E-state index in [0.29, 0.717) is 45.8 Å². The van der Waals surface area contributed by atoms with Crippen LogP contribution in [0.1, 0.15) is 52.4 Å². The number of hydrogen-bond donors (Lipinski definition) is 2. The van der Waals surface area contributed by atoms with Crippen molar-refractivity contribution in [1.82, 2.24) is 10.6 Å². The van der Waals surface area contributed by atoms with E-state index in [4.69, 9.17) is 9.47 Å². The van der Waals surface area contributed by atoms with Gasteiger partial charge in [-0.25, -0.2) is 0 Å². The van der Waals surface area contributed by atoms with Gasteiger partial charge >= 0.3 is 0 Å². The van der Waals surface area contributed by atoms with Crippen LogP contribution in [0.15, 0.2) is 0 Å². The highest BCUT2D eigenvalue weighted by molar-refractivity contribution is 5.79. The van der Waals surface area contributed by atoms with E-state index in [1.165, 1.54) is 6.92 Å². The number of nitrogens with one attached hydrogen (secondary N) is 2. The molecule has 1 fully saturated rings. The molecule has 1 aliphatic rings. The first-order chi connectivity index (χ1) is 12.0. The van der Waals surface area contributed by atoms with E-state index in [1.807, 2.05) is 6.92 Å². The second kappa shape index (κ2) is 12.8. The van der Waals surface area contributed by atoms with Gasteiger partial charge in [0.2, 0.25) is 11.8 Å². The molecule has 1 saturated carbocycles. The normalized spacial score (nSPS) is 20.1. The fraction of sp³-hybridized carbons (Fsp3) is 0.833. The number of carbonyl (C=O) groups excluding carboxylic acids is 3. The van der Waals surface area contributed by atoms with Gasteiger partial charge in [0.05, 0.1) is 19.8 Å². The molecule has 2 N–H and O–H groups in total. The van der Waals surface area contributed by atoms with Crippen molar-refractivity contribution < 1.29 is 23.9 Å². The number of ether oxygens (including phenoxy) is 2. The monoisotopic (exact) mass is 356 g/mol. The predicted molar refractivity (Wildman–Crippen MR) is 94.1 cm³/mol. The second-order valence-electron chi connectivity index (χ2n) is 6.42. The minimum atomic E-state index is 0.00814. The van der Waals surface area contributed by atoms with Gasteiger partial charge < -0.3 is 20.1 Å². The maximum Gasteiger partial charge on any atom is 0.223 e. The van der Waals surface area contributed by atoms with Crippen LogP contribution in [0, 0.1) is 5.92 Å². The summed E-state index contributed by atoms with van der Waals surface area (Å²) in [6.07, 6.45) is 4.02. The topological polar surface area (TPSA) is 93.7 Å². The minimum absolute atomic E-state index is 0.00814. The molecule has 0 saturated heterocycles. The van der Waals surface area contributed by atoms with E-state index in [9.17, 15) is 14.4 Å². The third kappa shape index (κ3) is 10.2. The van der Waals surface area contributed by atoms with E-state index >= 15 is 0 Å². The maximum absolute atomic E-state index is 12.1. The molecule has 0 heterocycles. The zero-order valence-electron chi connectivity index (χ0n) is 15.5. The number of Topliss-reactive ketones (excluding diaryl/α,β-unsaturated/α-hetero) is 1. The molecule has 1 aliphatic carbocycles. The summed E-state index contributed by atoms with van der Waals surface area (Å²) in [4.78, 5) is 34.7. The standard InChI is InChI=1S/C18H32N2O5/c1-3-24-12-9-17(22)20-16-6-4-15(5-7-16)18(23)19-10-13-25-11-8-14(2)21/h15-16H,3-13H2,1-2H3,(H,19,23)(H,20,22). The van der Waals surface area contributed by atoms with Gasteiger partial charge in [-0.3, -0.25) is 14.4 Å². The van der Waals surface area contributed by atoms with Crippen molar-refractivity contribution in [3.05, 3.63) is 0 Å². The fourth-order valence-electron chi connectivity index (χ4n) is 2.82. The lowest BCUT2D eigenvalue weighted by atomic mass is 9.85.